The van der Waals surface area contributed by atoms with E-state index < -0.39 is 54.4 Å². The van der Waals surface area contributed by atoms with Crippen molar-refractivity contribution >= 4 is 23.1 Å². The summed E-state index contributed by atoms with van der Waals surface area (Å²) in [4.78, 5) is 32.7. The molecule has 0 spiro atoms. The van der Waals surface area contributed by atoms with Crippen LogP contribution in [0.25, 0.3) is 16.8 Å². The maximum Gasteiger partial charge on any atom is 0.391 e. The zero-order valence-corrected chi connectivity index (χ0v) is 23.8. The molecule has 3 fully saturated rings. The fourth-order valence-electron chi connectivity index (χ4n) is 6.18. The molecule has 1 aliphatic carbocycles. The second-order valence-corrected chi connectivity index (χ2v) is 11.9. The lowest BCUT2D eigenvalue weighted by Crippen LogP contribution is -2.42. The van der Waals surface area contributed by atoms with Gasteiger partial charge in [-0.1, -0.05) is 12.1 Å². The molecule has 3 atom stereocenters. The molecule has 1 saturated carbocycles. The minimum Gasteiger partial charge on any atom is -0.382 e. The van der Waals surface area contributed by atoms with Crippen molar-refractivity contribution < 1.29 is 35.9 Å². The number of hydrogen-bond acceptors (Lipinski definition) is 6. The van der Waals surface area contributed by atoms with E-state index in [2.05, 4.69) is 15.4 Å². The summed E-state index contributed by atoms with van der Waals surface area (Å²) in [5.74, 6) is -7.04. The molecule has 2 aromatic heterocycles. The topological polar surface area (TPSA) is 109 Å². The number of nitrogens with zero attached hydrogens (tertiary/aromatic N) is 5. The molecule has 3 aromatic rings. The number of carbonyl (C=O) groups is 2. The highest BCUT2D eigenvalue weighted by molar-refractivity contribution is 5.97. The molecule has 1 aromatic carbocycles. The Bertz CT molecular complexity index is 1600. The van der Waals surface area contributed by atoms with E-state index in [4.69, 9.17) is 5.73 Å². The Kier molecular flexibility index (Phi) is 7.49. The number of aryl methyl sites for hydroxylation is 1. The number of halogens is 6. The molecule has 9 nitrogen and oxygen atoms in total. The Labute approximate surface area is 248 Å². The van der Waals surface area contributed by atoms with Crippen LogP contribution in [-0.4, -0.2) is 86.7 Å². The number of fused-ring (bicyclic) bond motifs is 1. The zero-order valence-electron chi connectivity index (χ0n) is 23.8. The summed E-state index contributed by atoms with van der Waals surface area (Å²) in [6.45, 7) is 1.98. The van der Waals surface area contributed by atoms with Crippen molar-refractivity contribution in [1.29, 1.82) is 0 Å². The third-order valence-electron chi connectivity index (χ3n) is 8.88. The monoisotopic (exact) mass is 623 g/mol. The smallest absolute Gasteiger partial charge is 0.382 e. The van der Waals surface area contributed by atoms with Gasteiger partial charge in [-0.2, -0.15) is 18.3 Å². The number of anilines is 1. The molecule has 15 heteroatoms. The van der Waals surface area contributed by atoms with Gasteiger partial charge >= 0.3 is 6.18 Å². The number of benzene rings is 1. The number of nitrogens with two attached hydrogens (primary N) is 1. The number of hydrogen-bond donors (Lipinski definition) is 2. The second kappa shape index (κ2) is 10.9. The van der Waals surface area contributed by atoms with Crippen molar-refractivity contribution in [2.45, 2.75) is 57.0 Å². The van der Waals surface area contributed by atoms with Gasteiger partial charge in [-0.3, -0.25) is 14.5 Å². The number of likely N-dealkylation sites (tertiary alicyclic amines) is 2. The van der Waals surface area contributed by atoms with Crippen molar-refractivity contribution in [2.24, 2.45) is 11.8 Å². The molecule has 4 heterocycles. The molecular formula is C29H31F6N7O2. The number of rotatable bonds is 6. The predicted molar refractivity (Wildman–Crippen MR) is 147 cm³/mol. The molecule has 3 N–H and O–H groups in total. The number of nitrogens with one attached hydrogen (secondary N) is 1. The molecular weight excluding hydrogens is 592 g/mol. The van der Waals surface area contributed by atoms with Crippen LogP contribution in [0.3, 0.4) is 0 Å². The summed E-state index contributed by atoms with van der Waals surface area (Å²) in [6, 6.07) is 5.85. The zero-order chi connectivity index (χ0) is 31.6. The van der Waals surface area contributed by atoms with Crippen molar-refractivity contribution in [2.75, 3.05) is 31.9 Å². The largest absolute Gasteiger partial charge is 0.391 e. The Balaban J connectivity index is 1.21. The van der Waals surface area contributed by atoms with Crippen LogP contribution in [0.2, 0.25) is 0 Å². The Hall–Kier alpha value is -3.88. The van der Waals surface area contributed by atoms with E-state index in [0.29, 0.717) is 34.4 Å². The average Bonchev–Trinajstić information content (AvgIpc) is 3.25. The maximum atomic E-state index is 14.8. The Morgan fingerprint density at radius 1 is 1.14 bits per heavy atom. The van der Waals surface area contributed by atoms with Gasteiger partial charge in [0.1, 0.15) is 23.9 Å². The van der Waals surface area contributed by atoms with Crippen molar-refractivity contribution in [3.63, 3.8) is 0 Å². The van der Waals surface area contributed by atoms with E-state index in [1.807, 2.05) is 11.0 Å². The highest BCUT2D eigenvalue weighted by Gasteiger charge is 2.63. The molecule has 236 valence electrons. The number of aromatic nitrogens is 3. The minimum absolute atomic E-state index is 0.00423. The molecule has 2 amide bonds. The van der Waals surface area contributed by atoms with Crippen LogP contribution in [0.4, 0.5) is 32.2 Å². The molecule has 2 aliphatic heterocycles. The molecule has 6 rings (SSSR count). The first kappa shape index (κ1) is 30.2. The van der Waals surface area contributed by atoms with Gasteiger partial charge in [-0.25, -0.2) is 22.7 Å². The number of alkyl halides is 6. The lowest BCUT2D eigenvalue weighted by molar-refractivity contribution is -0.185. The molecule has 0 radical (unpaired) electrons. The summed E-state index contributed by atoms with van der Waals surface area (Å²) in [6.07, 6.45) is -5.10. The highest BCUT2D eigenvalue weighted by atomic mass is 19.4. The van der Waals surface area contributed by atoms with Gasteiger partial charge < -0.3 is 16.0 Å². The van der Waals surface area contributed by atoms with E-state index in [0.717, 1.165) is 4.90 Å². The van der Waals surface area contributed by atoms with Gasteiger partial charge in [0.15, 0.2) is 5.82 Å². The maximum absolute atomic E-state index is 14.8. The summed E-state index contributed by atoms with van der Waals surface area (Å²) < 4.78 is 82.6. The normalized spacial score (nSPS) is 24.2. The van der Waals surface area contributed by atoms with E-state index >= 15 is 0 Å². The van der Waals surface area contributed by atoms with E-state index in [1.165, 1.54) is 6.33 Å². The predicted octanol–water partition coefficient (Wildman–Crippen LogP) is 4.00. The number of nitrogen functional groups attached to an aromatic ring is 1. The van der Waals surface area contributed by atoms with Crippen LogP contribution in [0, 0.1) is 18.8 Å². The molecule has 0 bridgehead atoms. The fourth-order valence-corrected chi connectivity index (χ4v) is 6.18. The van der Waals surface area contributed by atoms with Crippen LogP contribution in [0.1, 0.15) is 40.7 Å². The van der Waals surface area contributed by atoms with Crippen LogP contribution in [0.15, 0.2) is 30.6 Å². The second-order valence-electron chi connectivity index (χ2n) is 11.9. The van der Waals surface area contributed by atoms with Gasteiger partial charge in [0.05, 0.1) is 24.2 Å². The number of carbonyl (C=O) groups excluding carboxylic acids is 2. The molecule has 3 aliphatic rings. The standard InChI is InChI=1S/C29H31F6N7O2/c1-15-2-3-16(8-19(15)26(43)39-22-13-41(12-21(22)30)27(44)20-10-28(20,31)32)23-9-17(24-25(36)37-14-38-42(23)24)11-40-6-4-18(5-7-40)29(33,34)35/h2-3,8-9,14,18,20-22H,4-7,10-13H2,1H3,(H,39,43)(H2,36,37,38)/t20?,21-,22+/m0/s1. The number of amides is 2. The van der Waals surface area contributed by atoms with Gasteiger partial charge in [0.25, 0.3) is 11.8 Å². The molecule has 44 heavy (non-hydrogen) atoms. The van der Waals surface area contributed by atoms with Crippen molar-refractivity contribution in [1.82, 2.24) is 29.7 Å². The molecule has 1 unspecified atom stereocenters. The van der Waals surface area contributed by atoms with Crippen molar-refractivity contribution in [3.05, 3.63) is 47.3 Å². The summed E-state index contributed by atoms with van der Waals surface area (Å²) >= 11 is 0. The summed E-state index contributed by atoms with van der Waals surface area (Å²) in [5, 5.41) is 6.95. The van der Waals surface area contributed by atoms with Gasteiger partial charge in [0.2, 0.25) is 5.91 Å². The fraction of sp³-hybridized carbons (Fsp3) is 0.517. The SMILES string of the molecule is Cc1ccc(-c2cc(CN3CCC(C(F)(F)F)CC3)c3c(N)ncnn23)cc1C(=O)N[C@@H]1CN(C(=O)C2CC2(F)F)C[C@@H]1F. The van der Waals surface area contributed by atoms with Crippen LogP contribution in [0.5, 0.6) is 0 Å². The summed E-state index contributed by atoms with van der Waals surface area (Å²) in [7, 11) is 0. The number of piperidine rings is 1. The minimum atomic E-state index is -4.22. The van der Waals surface area contributed by atoms with E-state index in [9.17, 15) is 35.9 Å². The Morgan fingerprint density at radius 2 is 1.84 bits per heavy atom. The third kappa shape index (κ3) is 5.69. The van der Waals surface area contributed by atoms with Crippen LogP contribution >= 0.6 is 0 Å². The van der Waals surface area contributed by atoms with Crippen molar-refractivity contribution in [3.8, 4) is 11.3 Å². The first-order valence-corrected chi connectivity index (χ1v) is 14.4. The Morgan fingerprint density at radius 3 is 2.50 bits per heavy atom. The van der Waals surface area contributed by atoms with Gasteiger partial charge in [0, 0.05) is 30.6 Å². The first-order chi connectivity index (χ1) is 20.7. The third-order valence-corrected chi connectivity index (χ3v) is 8.88. The lowest BCUT2D eigenvalue weighted by atomic mass is 9.96. The van der Waals surface area contributed by atoms with Gasteiger partial charge in [-0.05, 0) is 56.1 Å². The quantitative estimate of drug-likeness (QED) is 0.402. The van der Waals surface area contributed by atoms with Gasteiger partial charge in [-0.15, -0.1) is 0 Å². The lowest BCUT2D eigenvalue weighted by Gasteiger charge is -2.32. The average molecular weight is 624 g/mol. The summed E-state index contributed by atoms with van der Waals surface area (Å²) in [5.41, 5.74) is 9.39. The first-order valence-electron chi connectivity index (χ1n) is 14.4. The van der Waals surface area contributed by atoms with Crippen LogP contribution in [-0.2, 0) is 11.3 Å². The van der Waals surface area contributed by atoms with Crippen LogP contribution < -0.4 is 11.1 Å². The molecule has 2 saturated heterocycles. The highest BCUT2D eigenvalue weighted by Crippen LogP contribution is 2.50. The van der Waals surface area contributed by atoms with E-state index in [-0.39, 0.29) is 50.4 Å². The van der Waals surface area contributed by atoms with E-state index in [1.54, 1.807) is 29.6 Å².